The third kappa shape index (κ3) is 4.05. The number of carbonyl (C=O) groups is 1. The summed E-state index contributed by atoms with van der Waals surface area (Å²) in [5.74, 6) is 1.56. The van der Waals surface area contributed by atoms with Crippen molar-refractivity contribution in [2.24, 2.45) is 0 Å². The van der Waals surface area contributed by atoms with Crippen molar-refractivity contribution in [3.8, 4) is 23.0 Å². The van der Waals surface area contributed by atoms with Crippen LogP contribution in [-0.2, 0) is 0 Å². The van der Waals surface area contributed by atoms with Crippen LogP contribution in [0.2, 0.25) is 0 Å². The summed E-state index contributed by atoms with van der Waals surface area (Å²) in [5.41, 5.74) is -0.00188. The molecular weight excluding hydrogens is 334 g/mol. The van der Waals surface area contributed by atoms with E-state index in [-0.39, 0.29) is 22.8 Å². The predicted molar refractivity (Wildman–Crippen MR) is 96.1 cm³/mol. The molecule has 26 heavy (non-hydrogen) atoms. The minimum atomic E-state index is -0.575. The number of carbonyl (C=O) groups excluding carboxylic acids is 1. The molecule has 0 atom stereocenters. The zero-order chi connectivity index (χ0) is 18.5. The molecule has 3 aromatic carbocycles. The van der Waals surface area contributed by atoms with E-state index in [0.717, 1.165) is 0 Å². The van der Waals surface area contributed by atoms with Gasteiger partial charge in [-0.05, 0) is 55.5 Å². The number of rotatable bonds is 6. The maximum atomic E-state index is 11.4. The van der Waals surface area contributed by atoms with E-state index in [1.807, 2.05) is 30.3 Å². The summed E-state index contributed by atoms with van der Waals surface area (Å²) in [7, 11) is 0. The van der Waals surface area contributed by atoms with Crippen LogP contribution in [0, 0.1) is 10.1 Å². The van der Waals surface area contributed by atoms with Gasteiger partial charge in [-0.1, -0.05) is 18.2 Å². The molecule has 0 aliphatic rings. The molecule has 0 N–H and O–H groups in total. The third-order valence-electron chi connectivity index (χ3n) is 3.59. The normalized spacial score (nSPS) is 10.2. The fraction of sp³-hybridized carbons (Fsp3) is 0.0500. The van der Waals surface area contributed by atoms with Crippen LogP contribution in [0.15, 0.2) is 72.8 Å². The van der Waals surface area contributed by atoms with Crippen LogP contribution < -0.4 is 9.47 Å². The van der Waals surface area contributed by atoms with Gasteiger partial charge in [0.05, 0.1) is 4.92 Å². The van der Waals surface area contributed by atoms with Crippen molar-refractivity contribution in [2.75, 3.05) is 0 Å². The summed E-state index contributed by atoms with van der Waals surface area (Å²) < 4.78 is 11.3. The first-order valence-electron chi connectivity index (χ1n) is 7.83. The highest BCUT2D eigenvalue weighted by atomic mass is 16.6. The molecule has 0 radical (unpaired) electrons. The number of ether oxygens (including phenoxy) is 2. The van der Waals surface area contributed by atoms with Crippen molar-refractivity contribution in [1.29, 1.82) is 0 Å². The Morgan fingerprint density at radius 3 is 2.00 bits per heavy atom. The van der Waals surface area contributed by atoms with Gasteiger partial charge in [0.1, 0.15) is 17.2 Å². The van der Waals surface area contributed by atoms with Gasteiger partial charge < -0.3 is 9.47 Å². The van der Waals surface area contributed by atoms with Gasteiger partial charge in [0, 0.05) is 11.6 Å². The molecule has 0 heterocycles. The van der Waals surface area contributed by atoms with Crippen molar-refractivity contribution in [2.45, 2.75) is 6.92 Å². The minimum absolute atomic E-state index is 0.0664. The predicted octanol–water partition coefficient (Wildman–Crippen LogP) is 5.38. The Bertz CT molecular complexity index is 936. The van der Waals surface area contributed by atoms with Crippen LogP contribution in [0.3, 0.4) is 0 Å². The second-order valence-corrected chi connectivity index (χ2v) is 5.48. The van der Waals surface area contributed by atoms with Crippen LogP contribution in [-0.4, -0.2) is 10.7 Å². The minimum Gasteiger partial charge on any atom is -0.457 e. The Labute approximate surface area is 149 Å². The molecule has 0 unspecified atom stereocenters. The first-order valence-corrected chi connectivity index (χ1v) is 7.83. The summed E-state index contributed by atoms with van der Waals surface area (Å²) in [6.45, 7) is 1.35. The molecular formula is C20H15NO5. The monoisotopic (exact) mass is 349 g/mol. The van der Waals surface area contributed by atoms with Crippen molar-refractivity contribution >= 4 is 11.5 Å². The zero-order valence-electron chi connectivity index (χ0n) is 13.9. The van der Waals surface area contributed by atoms with Crippen molar-refractivity contribution in [3.05, 3.63) is 88.5 Å². The number of benzene rings is 3. The molecule has 3 aromatic rings. The molecule has 0 saturated carbocycles. The smallest absolute Gasteiger partial charge is 0.312 e. The third-order valence-corrected chi connectivity index (χ3v) is 3.59. The van der Waals surface area contributed by atoms with Gasteiger partial charge in [-0.3, -0.25) is 14.9 Å². The molecule has 3 rings (SSSR count). The van der Waals surface area contributed by atoms with E-state index in [1.54, 1.807) is 24.3 Å². The lowest BCUT2D eigenvalue weighted by molar-refractivity contribution is -0.385. The molecule has 0 spiro atoms. The van der Waals surface area contributed by atoms with Gasteiger partial charge in [0.15, 0.2) is 5.78 Å². The van der Waals surface area contributed by atoms with E-state index in [9.17, 15) is 14.9 Å². The first-order chi connectivity index (χ1) is 12.5. The van der Waals surface area contributed by atoms with E-state index < -0.39 is 4.92 Å². The SMILES string of the molecule is CC(=O)c1ccc(Oc2ccc(Oc3ccccc3)cc2)c([N+](=O)[O-])c1. The lowest BCUT2D eigenvalue weighted by Gasteiger charge is -2.09. The van der Waals surface area contributed by atoms with E-state index in [1.165, 1.54) is 25.1 Å². The van der Waals surface area contributed by atoms with Gasteiger partial charge in [-0.25, -0.2) is 0 Å². The largest absolute Gasteiger partial charge is 0.457 e. The molecule has 0 amide bonds. The standard InChI is InChI=1S/C20H15NO5/c1-14(22)15-7-12-20(19(13-15)21(23)24)26-18-10-8-17(9-11-18)25-16-5-3-2-4-6-16/h2-13H,1H3. The molecule has 6 nitrogen and oxygen atoms in total. The second-order valence-electron chi connectivity index (χ2n) is 5.48. The topological polar surface area (TPSA) is 78.7 Å². The highest BCUT2D eigenvalue weighted by Crippen LogP contribution is 2.33. The first kappa shape index (κ1) is 17.2. The fourth-order valence-corrected chi connectivity index (χ4v) is 2.29. The van der Waals surface area contributed by atoms with Crippen LogP contribution >= 0.6 is 0 Å². The molecule has 0 aliphatic carbocycles. The summed E-state index contributed by atoms with van der Waals surface area (Å²) in [5, 5.41) is 11.2. The fourth-order valence-electron chi connectivity index (χ4n) is 2.29. The quantitative estimate of drug-likeness (QED) is 0.339. The van der Waals surface area contributed by atoms with Crippen molar-refractivity contribution in [1.82, 2.24) is 0 Å². The van der Waals surface area contributed by atoms with E-state index in [4.69, 9.17) is 9.47 Å². The Morgan fingerprint density at radius 2 is 1.42 bits per heavy atom. The lowest BCUT2D eigenvalue weighted by Crippen LogP contribution is -1.98. The number of nitro groups is 1. The van der Waals surface area contributed by atoms with Crippen LogP contribution in [0.25, 0.3) is 0 Å². The number of hydrogen-bond acceptors (Lipinski definition) is 5. The van der Waals surface area contributed by atoms with Gasteiger partial charge >= 0.3 is 5.69 Å². The maximum Gasteiger partial charge on any atom is 0.312 e. The molecule has 0 bridgehead atoms. The van der Waals surface area contributed by atoms with Crippen molar-refractivity contribution in [3.63, 3.8) is 0 Å². The lowest BCUT2D eigenvalue weighted by atomic mass is 10.1. The molecule has 0 aliphatic heterocycles. The average molecular weight is 349 g/mol. The molecule has 0 saturated heterocycles. The number of nitrogens with zero attached hydrogens (tertiary/aromatic N) is 1. The van der Waals surface area contributed by atoms with Crippen LogP contribution in [0.4, 0.5) is 5.69 Å². The second kappa shape index (κ2) is 7.48. The number of ketones is 1. The Balaban J connectivity index is 1.79. The number of nitro benzene ring substituents is 1. The Hall–Kier alpha value is -3.67. The van der Waals surface area contributed by atoms with E-state index in [2.05, 4.69) is 0 Å². The van der Waals surface area contributed by atoms with Crippen LogP contribution in [0.5, 0.6) is 23.0 Å². The highest BCUT2D eigenvalue weighted by Gasteiger charge is 2.18. The van der Waals surface area contributed by atoms with Gasteiger partial charge in [0.2, 0.25) is 5.75 Å². The Morgan fingerprint density at radius 1 is 0.846 bits per heavy atom. The van der Waals surface area contributed by atoms with Gasteiger partial charge in [-0.15, -0.1) is 0 Å². The zero-order valence-corrected chi connectivity index (χ0v) is 13.9. The highest BCUT2D eigenvalue weighted by molar-refractivity contribution is 5.95. The molecule has 130 valence electrons. The maximum absolute atomic E-state index is 11.4. The van der Waals surface area contributed by atoms with Gasteiger partial charge in [-0.2, -0.15) is 0 Å². The van der Waals surface area contributed by atoms with E-state index in [0.29, 0.717) is 17.2 Å². The molecule has 0 aromatic heterocycles. The Kier molecular flexibility index (Phi) is 4.94. The summed E-state index contributed by atoms with van der Waals surface area (Å²) in [6.07, 6.45) is 0. The number of Topliss-reactive ketones (excluding diaryl/α,β-unsaturated/α-hetero) is 1. The number of hydrogen-bond donors (Lipinski definition) is 0. The summed E-state index contributed by atoms with van der Waals surface area (Å²) in [4.78, 5) is 22.1. The molecule has 0 fully saturated rings. The van der Waals surface area contributed by atoms with Crippen molar-refractivity contribution < 1.29 is 19.2 Å². The summed E-state index contributed by atoms with van der Waals surface area (Å²) >= 11 is 0. The van der Waals surface area contributed by atoms with Crippen LogP contribution in [0.1, 0.15) is 17.3 Å². The van der Waals surface area contributed by atoms with E-state index >= 15 is 0 Å². The molecule has 6 heteroatoms. The number of para-hydroxylation sites is 1. The average Bonchev–Trinajstić information content (AvgIpc) is 2.64. The summed E-state index contributed by atoms with van der Waals surface area (Å²) in [6, 6.07) is 20.2. The van der Waals surface area contributed by atoms with Gasteiger partial charge in [0.25, 0.3) is 0 Å².